The van der Waals surface area contributed by atoms with E-state index in [4.69, 9.17) is 0 Å². The number of hydrogen-bond acceptors (Lipinski definition) is 3. The Balaban J connectivity index is 2.45. The minimum absolute atomic E-state index is 0.324. The molecule has 1 aromatic heterocycles. The van der Waals surface area contributed by atoms with Crippen molar-refractivity contribution in [1.82, 2.24) is 9.97 Å². The summed E-state index contributed by atoms with van der Waals surface area (Å²) in [6.45, 7) is 2.72. The van der Waals surface area contributed by atoms with Crippen LogP contribution in [0.2, 0.25) is 0 Å². The molecular formula is C12H11BrFN3. The molecule has 0 aliphatic rings. The molecule has 0 aliphatic heterocycles. The summed E-state index contributed by atoms with van der Waals surface area (Å²) in [6.07, 6.45) is 3.16. The number of anilines is 1. The van der Waals surface area contributed by atoms with Gasteiger partial charge in [-0.1, -0.05) is 6.07 Å². The summed E-state index contributed by atoms with van der Waals surface area (Å²) in [6, 6.07) is 5.10. The van der Waals surface area contributed by atoms with E-state index in [2.05, 4.69) is 31.2 Å². The Hall–Kier alpha value is -1.49. The van der Waals surface area contributed by atoms with Crippen LogP contribution in [0.15, 0.2) is 35.1 Å². The van der Waals surface area contributed by atoms with Crippen molar-refractivity contribution >= 4 is 21.7 Å². The molecule has 0 spiro atoms. The smallest absolute Gasteiger partial charge is 0.146 e. The average Bonchev–Trinajstić information content (AvgIpc) is 2.33. The third kappa shape index (κ3) is 2.61. The summed E-state index contributed by atoms with van der Waals surface area (Å²) in [7, 11) is 0. The minimum Gasteiger partial charge on any atom is -0.369 e. The van der Waals surface area contributed by atoms with Crippen LogP contribution in [-0.2, 0) is 0 Å². The highest BCUT2D eigenvalue weighted by atomic mass is 79.9. The van der Waals surface area contributed by atoms with E-state index >= 15 is 0 Å². The Morgan fingerprint density at radius 2 is 2.18 bits per heavy atom. The largest absolute Gasteiger partial charge is 0.369 e. The number of aromatic nitrogens is 2. The quantitative estimate of drug-likeness (QED) is 0.942. The predicted molar refractivity (Wildman–Crippen MR) is 69.3 cm³/mol. The van der Waals surface area contributed by atoms with Crippen LogP contribution in [0.25, 0.3) is 11.3 Å². The highest BCUT2D eigenvalue weighted by Gasteiger charge is 2.10. The van der Waals surface area contributed by atoms with Crippen molar-refractivity contribution in [3.63, 3.8) is 0 Å². The molecule has 0 saturated heterocycles. The van der Waals surface area contributed by atoms with E-state index in [9.17, 15) is 4.39 Å². The standard InChI is InChI=1S/C12H11BrFN3/c1-2-16-11-7-15-6-10(17-11)8-4-3-5-9(13)12(8)14/h3-7H,2H2,1H3,(H,16,17). The van der Waals surface area contributed by atoms with Crippen molar-refractivity contribution in [3.05, 3.63) is 40.9 Å². The third-order valence-electron chi connectivity index (χ3n) is 2.22. The second-order valence-electron chi connectivity index (χ2n) is 3.42. The molecule has 2 rings (SSSR count). The van der Waals surface area contributed by atoms with Crippen LogP contribution in [0.3, 0.4) is 0 Å². The van der Waals surface area contributed by atoms with Crippen LogP contribution in [0, 0.1) is 5.82 Å². The molecule has 0 radical (unpaired) electrons. The van der Waals surface area contributed by atoms with Gasteiger partial charge in [-0.05, 0) is 35.0 Å². The number of benzene rings is 1. The number of rotatable bonds is 3. The van der Waals surface area contributed by atoms with E-state index in [0.717, 1.165) is 6.54 Å². The van der Waals surface area contributed by atoms with Gasteiger partial charge in [-0.2, -0.15) is 0 Å². The fraction of sp³-hybridized carbons (Fsp3) is 0.167. The zero-order valence-electron chi connectivity index (χ0n) is 9.24. The fourth-order valence-electron chi connectivity index (χ4n) is 1.46. The van der Waals surface area contributed by atoms with Gasteiger partial charge in [0, 0.05) is 12.1 Å². The number of nitrogens with one attached hydrogen (secondary N) is 1. The van der Waals surface area contributed by atoms with Crippen LogP contribution in [0.4, 0.5) is 10.2 Å². The van der Waals surface area contributed by atoms with Crippen LogP contribution >= 0.6 is 15.9 Å². The second kappa shape index (κ2) is 5.23. The van der Waals surface area contributed by atoms with Gasteiger partial charge in [0.2, 0.25) is 0 Å². The molecule has 0 unspecified atom stereocenters. The van der Waals surface area contributed by atoms with E-state index in [1.165, 1.54) is 0 Å². The van der Waals surface area contributed by atoms with Gasteiger partial charge in [0.25, 0.3) is 0 Å². The van der Waals surface area contributed by atoms with Crippen molar-refractivity contribution in [2.24, 2.45) is 0 Å². The molecule has 88 valence electrons. The van der Waals surface area contributed by atoms with Crippen molar-refractivity contribution in [1.29, 1.82) is 0 Å². The minimum atomic E-state index is -0.324. The van der Waals surface area contributed by atoms with Gasteiger partial charge in [-0.15, -0.1) is 0 Å². The van der Waals surface area contributed by atoms with Crippen LogP contribution < -0.4 is 5.32 Å². The zero-order valence-corrected chi connectivity index (χ0v) is 10.8. The predicted octanol–water partition coefficient (Wildman–Crippen LogP) is 3.48. The normalized spacial score (nSPS) is 10.3. The highest BCUT2D eigenvalue weighted by molar-refractivity contribution is 9.10. The van der Waals surface area contributed by atoms with Crippen molar-refractivity contribution in [3.8, 4) is 11.3 Å². The van der Waals surface area contributed by atoms with Crippen LogP contribution in [-0.4, -0.2) is 16.5 Å². The maximum absolute atomic E-state index is 13.9. The van der Waals surface area contributed by atoms with Gasteiger partial charge in [0.15, 0.2) is 0 Å². The van der Waals surface area contributed by atoms with Gasteiger partial charge >= 0.3 is 0 Å². The molecule has 5 heteroatoms. The average molecular weight is 296 g/mol. The first-order valence-corrected chi connectivity index (χ1v) is 6.02. The number of hydrogen-bond donors (Lipinski definition) is 1. The van der Waals surface area contributed by atoms with Gasteiger partial charge in [-0.3, -0.25) is 4.98 Å². The molecule has 17 heavy (non-hydrogen) atoms. The lowest BCUT2D eigenvalue weighted by molar-refractivity contribution is 0.624. The van der Waals surface area contributed by atoms with E-state index < -0.39 is 0 Å². The monoisotopic (exact) mass is 295 g/mol. The lowest BCUT2D eigenvalue weighted by Crippen LogP contribution is -2.01. The Bertz CT molecular complexity index is 531. The lowest BCUT2D eigenvalue weighted by Gasteiger charge is -2.06. The molecule has 3 nitrogen and oxygen atoms in total. The van der Waals surface area contributed by atoms with Crippen molar-refractivity contribution in [2.75, 3.05) is 11.9 Å². The maximum Gasteiger partial charge on any atom is 0.146 e. The molecule has 1 N–H and O–H groups in total. The Morgan fingerprint density at radius 3 is 2.94 bits per heavy atom. The summed E-state index contributed by atoms with van der Waals surface area (Å²) < 4.78 is 14.3. The van der Waals surface area contributed by atoms with Gasteiger partial charge < -0.3 is 5.32 Å². The Morgan fingerprint density at radius 1 is 1.35 bits per heavy atom. The van der Waals surface area contributed by atoms with Gasteiger partial charge in [-0.25, -0.2) is 9.37 Å². The molecule has 2 aromatic rings. The molecule has 0 atom stereocenters. The summed E-state index contributed by atoms with van der Waals surface area (Å²) in [4.78, 5) is 8.34. The molecule has 0 bridgehead atoms. The van der Waals surface area contributed by atoms with Crippen LogP contribution in [0.1, 0.15) is 6.92 Å². The Kier molecular flexibility index (Phi) is 3.68. The first kappa shape index (κ1) is 12.0. The van der Waals surface area contributed by atoms with Crippen LogP contribution in [0.5, 0.6) is 0 Å². The van der Waals surface area contributed by atoms with E-state index in [1.807, 2.05) is 6.92 Å². The number of nitrogens with zero attached hydrogens (tertiary/aromatic N) is 2. The molecule has 0 fully saturated rings. The molecule has 1 heterocycles. The molecule has 0 saturated carbocycles. The summed E-state index contributed by atoms with van der Waals surface area (Å²) in [5, 5.41) is 3.04. The SMILES string of the molecule is CCNc1cncc(-c2cccc(Br)c2F)n1. The lowest BCUT2D eigenvalue weighted by atomic mass is 10.1. The zero-order chi connectivity index (χ0) is 12.3. The summed E-state index contributed by atoms with van der Waals surface area (Å²) in [5.74, 6) is 0.319. The Labute approximate surface area is 107 Å². The van der Waals surface area contributed by atoms with E-state index in [0.29, 0.717) is 21.5 Å². The maximum atomic E-state index is 13.9. The molecular weight excluding hydrogens is 285 g/mol. The van der Waals surface area contributed by atoms with Gasteiger partial charge in [0.05, 0.1) is 22.6 Å². The topological polar surface area (TPSA) is 37.8 Å². The summed E-state index contributed by atoms with van der Waals surface area (Å²) >= 11 is 3.15. The number of halogens is 2. The molecule has 0 amide bonds. The first-order valence-electron chi connectivity index (χ1n) is 5.22. The molecule has 1 aromatic carbocycles. The highest BCUT2D eigenvalue weighted by Crippen LogP contribution is 2.26. The second-order valence-corrected chi connectivity index (χ2v) is 4.28. The van der Waals surface area contributed by atoms with Gasteiger partial charge in [0.1, 0.15) is 11.6 Å². The third-order valence-corrected chi connectivity index (χ3v) is 2.83. The molecule has 0 aliphatic carbocycles. The fourth-order valence-corrected chi connectivity index (χ4v) is 1.83. The van der Waals surface area contributed by atoms with Crippen molar-refractivity contribution in [2.45, 2.75) is 6.92 Å². The van der Waals surface area contributed by atoms with E-state index in [-0.39, 0.29) is 5.82 Å². The van der Waals surface area contributed by atoms with E-state index in [1.54, 1.807) is 30.6 Å². The summed E-state index contributed by atoms with van der Waals surface area (Å²) in [5.41, 5.74) is 0.953. The van der Waals surface area contributed by atoms with Crippen molar-refractivity contribution < 1.29 is 4.39 Å². The first-order chi connectivity index (χ1) is 8.22.